The van der Waals surface area contributed by atoms with Gasteiger partial charge in [0.15, 0.2) is 10.9 Å². The Morgan fingerprint density at radius 1 is 1.10 bits per heavy atom. The summed E-state index contributed by atoms with van der Waals surface area (Å²) in [7, 11) is 0. The third-order valence-corrected chi connectivity index (χ3v) is 5.91. The van der Waals surface area contributed by atoms with E-state index in [-0.39, 0.29) is 5.56 Å². The molecular formula is C21H20N6O3S. The highest BCUT2D eigenvalue weighted by atomic mass is 32.2. The molecule has 0 N–H and O–H groups in total. The number of rotatable bonds is 8. The lowest BCUT2D eigenvalue weighted by Gasteiger charge is -2.10. The van der Waals surface area contributed by atoms with Crippen LogP contribution in [-0.4, -0.2) is 29.3 Å². The molecule has 0 saturated heterocycles. The average molecular weight is 436 g/mol. The second-order valence-corrected chi connectivity index (χ2v) is 8.02. The lowest BCUT2D eigenvalue weighted by atomic mass is 10.2. The van der Waals surface area contributed by atoms with E-state index in [1.165, 1.54) is 11.8 Å². The molecule has 0 atom stereocenters. The maximum Gasteiger partial charge on any atom is 0.262 e. The van der Waals surface area contributed by atoms with Gasteiger partial charge in [-0.25, -0.2) is 0 Å². The Hall–Kier alpha value is -3.40. The van der Waals surface area contributed by atoms with Gasteiger partial charge in [0.2, 0.25) is 17.5 Å². The third-order valence-electron chi connectivity index (χ3n) is 5.00. The van der Waals surface area contributed by atoms with Crippen LogP contribution in [-0.2, 0) is 12.3 Å². The highest BCUT2D eigenvalue weighted by Crippen LogP contribution is 2.25. The highest BCUT2D eigenvalue weighted by molar-refractivity contribution is 7.98. The minimum Gasteiger partial charge on any atom is -0.461 e. The summed E-state index contributed by atoms with van der Waals surface area (Å²) in [5.41, 5.74) is 0.742. The van der Waals surface area contributed by atoms with Crippen molar-refractivity contribution in [3.8, 4) is 11.6 Å². The number of unbranched alkanes of at least 4 members (excludes halogenated alkanes) is 2. The average Bonchev–Trinajstić information content (AvgIpc) is 3.55. The first-order valence-corrected chi connectivity index (χ1v) is 11.1. The molecule has 0 radical (unpaired) electrons. The fraction of sp³-hybridized carbons (Fsp3) is 0.286. The molecule has 0 spiro atoms. The molecule has 0 unspecified atom stereocenters. The molecule has 0 fully saturated rings. The molecule has 158 valence electrons. The largest absolute Gasteiger partial charge is 0.461 e. The number of furan rings is 1. The number of thioether (sulfide) groups is 1. The second kappa shape index (κ2) is 8.38. The standard InChI is InChI=1S/C21H20N6O3S/c1-2-3-6-11-26-19(28)14-8-4-5-9-15(14)27-20(26)23-24-21(27)31-13-17-22-18(25-30-17)16-10-7-12-29-16/h4-5,7-10,12H,2-3,6,11,13H2,1H3. The molecule has 31 heavy (non-hydrogen) atoms. The maximum atomic E-state index is 13.1. The van der Waals surface area contributed by atoms with Crippen molar-refractivity contribution in [1.82, 2.24) is 29.3 Å². The number of aryl methyl sites for hydroxylation is 1. The summed E-state index contributed by atoms with van der Waals surface area (Å²) in [4.78, 5) is 17.4. The second-order valence-electron chi connectivity index (χ2n) is 7.08. The summed E-state index contributed by atoms with van der Waals surface area (Å²) in [6.45, 7) is 2.75. The van der Waals surface area contributed by atoms with Crippen LogP contribution in [0.25, 0.3) is 28.3 Å². The topological polar surface area (TPSA) is 104 Å². The van der Waals surface area contributed by atoms with Crippen molar-refractivity contribution in [3.05, 3.63) is 58.9 Å². The molecule has 4 aromatic heterocycles. The van der Waals surface area contributed by atoms with Gasteiger partial charge in [0, 0.05) is 6.54 Å². The number of nitrogens with zero attached hydrogens (tertiary/aromatic N) is 6. The van der Waals surface area contributed by atoms with Crippen LogP contribution >= 0.6 is 11.8 Å². The molecule has 1 aromatic carbocycles. The van der Waals surface area contributed by atoms with Crippen molar-refractivity contribution in [2.45, 2.75) is 43.6 Å². The van der Waals surface area contributed by atoms with Crippen LogP contribution in [0.5, 0.6) is 0 Å². The van der Waals surface area contributed by atoms with E-state index in [4.69, 9.17) is 8.94 Å². The van der Waals surface area contributed by atoms with Gasteiger partial charge in [-0.3, -0.25) is 13.8 Å². The van der Waals surface area contributed by atoms with Crippen molar-refractivity contribution in [3.63, 3.8) is 0 Å². The van der Waals surface area contributed by atoms with E-state index >= 15 is 0 Å². The van der Waals surface area contributed by atoms with Gasteiger partial charge in [-0.15, -0.1) is 10.2 Å². The molecule has 10 heteroatoms. The van der Waals surface area contributed by atoms with E-state index in [2.05, 4.69) is 27.3 Å². The Labute approximate surface area is 181 Å². The Morgan fingerprint density at radius 2 is 2.00 bits per heavy atom. The van der Waals surface area contributed by atoms with E-state index in [0.717, 1.165) is 24.8 Å². The molecule has 0 aliphatic heterocycles. The van der Waals surface area contributed by atoms with Gasteiger partial charge in [-0.05, 0) is 30.7 Å². The molecule has 9 nitrogen and oxygen atoms in total. The molecule has 0 aliphatic carbocycles. The first-order valence-electron chi connectivity index (χ1n) is 10.1. The third kappa shape index (κ3) is 3.63. The van der Waals surface area contributed by atoms with Crippen LogP contribution in [0.3, 0.4) is 0 Å². The normalized spacial score (nSPS) is 11.6. The summed E-state index contributed by atoms with van der Waals surface area (Å²) in [5, 5.41) is 14.0. The number of aromatic nitrogens is 6. The van der Waals surface area contributed by atoms with Crippen LogP contribution in [0.4, 0.5) is 0 Å². The fourth-order valence-electron chi connectivity index (χ4n) is 3.49. The van der Waals surface area contributed by atoms with Crippen molar-refractivity contribution in [1.29, 1.82) is 0 Å². The molecule has 4 heterocycles. The molecule has 5 rings (SSSR count). The van der Waals surface area contributed by atoms with Gasteiger partial charge in [-0.2, -0.15) is 4.98 Å². The fourth-order valence-corrected chi connectivity index (χ4v) is 4.27. The van der Waals surface area contributed by atoms with Crippen LogP contribution in [0.2, 0.25) is 0 Å². The van der Waals surface area contributed by atoms with Crippen molar-refractivity contribution < 1.29 is 8.94 Å². The smallest absolute Gasteiger partial charge is 0.262 e. The first-order chi connectivity index (χ1) is 15.3. The van der Waals surface area contributed by atoms with E-state index in [1.54, 1.807) is 23.0 Å². The van der Waals surface area contributed by atoms with Gasteiger partial charge in [0.25, 0.3) is 5.56 Å². The SMILES string of the molecule is CCCCCn1c(=O)c2ccccc2n2c(SCc3nc(-c4ccco4)no3)nnc12. The Morgan fingerprint density at radius 3 is 2.84 bits per heavy atom. The number of para-hydroxylation sites is 1. The zero-order valence-electron chi connectivity index (χ0n) is 16.9. The van der Waals surface area contributed by atoms with Gasteiger partial charge in [-0.1, -0.05) is 48.8 Å². The summed E-state index contributed by atoms with van der Waals surface area (Å²) in [5.74, 6) is 2.37. The van der Waals surface area contributed by atoms with Crippen LogP contribution < -0.4 is 5.56 Å². The van der Waals surface area contributed by atoms with Crippen molar-refractivity contribution in [2.75, 3.05) is 0 Å². The number of fused-ring (bicyclic) bond motifs is 3. The van der Waals surface area contributed by atoms with Gasteiger partial charge in [0.1, 0.15) is 0 Å². The van der Waals surface area contributed by atoms with Crippen LogP contribution in [0.15, 0.2) is 61.6 Å². The van der Waals surface area contributed by atoms with Crippen LogP contribution in [0, 0.1) is 0 Å². The number of benzene rings is 1. The van der Waals surface area contributed by atoms with Crippen molar-refractivity contribution >= 4 is 28.4 Å². The first kappa shape index (κ1) is 19.6. The molecule has 0 saturated carbocycles. The summed E-state index contributed by atoms with van der Waals surface area (Å²) in [6, 6.07) is 11.1. The number of hydrogen-bond donors (Lipinski definition) is 0. The number of hydrogen-bond acceptors (Lipinski definition) is 8. The Balaban J connectivity index is 1.50. The summed E-state index contributed by atoms with van der Waals surface area (Å²) < 4.78 is 14.3. The molecular weight excluding hydrogens is 416 g/mol. The Bertz CT molecular complexity index is 1390. The Kier molecular flexibility index (Phi) is 5.29. The molecule has 0 amide bonds. The zero-order valence-corrected chi connectivity index (χ0v) is 17.7. The van der Waals surface area contributed by atoms with Gasteiger partial charge >= 0.3 is 0 Å². The maximum absolute atomic E-state index is 13.1. The van der Waals surface area contributed by atoms with Crippen LogP contribution in [0.1, 0.15) is 32.1 Å². The highest BCUT2D eigenvalue weighted by Gasteiger charge is 2.18. The molecule has 5 aromatic rings. The predicted octanol–water partition coefficient (Wildman–Crippen LogP) is 4.17. The monoisotopic (exact) mass is 436 g/mol. The zero-order chi connectivity index (χ0) is 21.2. The predicted molar refractivity (Wildman–Crippen MR) is 116 cm³/mol. The minimum atomic E-state index is -0.0388. The molecule has 0 aliphatic rings. The quantitative estimate of drug-likeness (QED) is 0.264. The minimum absolute atomic E-state index is 0.0388. The summed E-state index contributed by atoms with van der Waals surface area (Å²) in [6.07, 6.45) is 4.61. The van der Waals surface area contributed by atoms with Crippen molar-refractivity contribution in [2.24, 2.45) is 0 Å². The van der Waals surface area contributed by atoms with E-state index < -0.39 is 0 Å². The van der Waals surface area contributed by atoms with E-state index in [0.29, 0.717) is 46.1 Å². The lowest BCUT2D eigenvalue weighted by molar-refractivity contribution is 0.390. The van der Waals surface area contributed by atoms with E-state index in [9.17, 15) is 4.79 Å². The van der Waals surface area contributed by atoms with Gasteiger partial charge in [0.05, 0.1) is 22.9 Å². The molecule has 0 bridgehead atoms. The van der Waals surface area contributed by atoms with E-state index in [1.807, 2.05) is 28.7 Å². The lowest BCUT2D eigenvalue weighted by Crippen LogP contribution is -2.23. The summed E-state index contributed by atoms with van der Waals surface area (Å²) >= 11 is 1.43. The van der Waals surface area contributed by atoms with Gasteiger partial charge < -0.3 is 8.94 Å².